The Kier molecular flexibility index (Phi) is 6.36. The van der Waals surface area contributed by atoms with Crippen molar-refractivity contribution < 1.29 is 13.9 Å². The first-order valence-electron chi connectivity index (χ1n) is 7.78. The zero-order valence-electron chi connectivity index (χ0n) is 14.1. The molecule has 0 unspecified atom stereocenters. The second-order valence-electron chi connectivity index (χ2n) is 4.70. The molecule has 3 rings (SSSR count). The van der Waals surface area contributed by atoms with Gasteiger partial charge >= 0.3 is 0 Å². The molecule has 132 valence electrons. The molecule has 1 aromatic carbocycles. The van der Waals surface area contributed by atoms with Gasteiger partial charge in [-0.3, -0.25) is 0 Å². The summed E-state index contributed by atoms with van der Waals surface area (Å²) < 4.78 is 25.1. The molecule has 0 atom stereocenters. The normalized spacial score (nSPS) is 13.3. The highest BCUT2D eigenvalue weighted by Gasteiger charge is 2.16. The van der Waals surface area contributed by atoms with Crippen molar-refractivity contribution in [3.8, 4) is 11.5 Å². The lowest BCUT2D eigenvalue weighted by atomic mass is 10.2. The zero-order valence-corrected chi connectivity index (χ0v) is 14.9. The van der Waals surface area contributed by atoms with Crippen molar-refractivity contribution in [1.29, 1.82) is 0 Å². The highest BCUT2D eigenvalue weighted by Crippen LogP contribution is 2.36. The van der Waals surface area contributed by atoms with Crippen LogP contribution in [0.5, 0.6) is 11.5 Å². The van der Waals surface area contributed by atoms with Gasteiger partial charge in [-0.2, -0.15) is 0 Å². The molecule has 0 amide bonds. The third-order valence-electron chi connectivity index (χ3n) is 3.23. The molecule has 0 saturated heterocycles. The molecule has 2 heterocycles. The molecule has 7 heteroatoms. The maximum absolute atomic E-state index is 14.0. The lowest BCUT2D eigenvalue weighted by Crippen LogP contribution is -2.15. The van der Waals surface area contributed by atoms with Crippen LogP contribution in [0.4, 0.5) is 10.2 Å². The summed E-state index contributed by atoms with van der Waals surface area (Å²) in [7, 11) is 0. The number of nitrogens with zero attached hydrogens (tertiary/aromatic N) is 2. The van der Waals surface area contributed by atoms with Crippen LogP contribution in [-0.2, 0) is 0 Å². The van der Waals surface area contributed by atoms with Crippen LogP contribution in [0.25, 0.3) is 10.9 Å². The average Bonchev–Trinajstić information content (AvgIpc) is 2.65. The van der Waals surface area contributed by atoms with E-state index in [0.29, 0.717) is 41.4 Å². The third-order valence-corrected chi connectivity index (χ3v) is 3.40. The fourth-order valence-electron chi connectivity index (χ4n) is 2.16. The molecule has 0 spiro atoms. The van der Waals surface area contributed by atoms with Crippen LogP contribution < -0.4 is 14.8 Å². The summed E-state index contributed by atoms with van der Waals surface area (Å²) >= 11 is 5.60. The first-order chi connectivity index (χ1) is 12.1. The minimum atomic E-state index is -0.703. The predicted octanol–water partition coefficient (Wildman–Crippen LogP) is 4.96. The van der Waals surface area contributed by atoms with Gasteiger partial charge in [-0.05, 0) is 12.1 Å². The molecule has 1 aromatic heterocycles. The number of nitrogens with one attached hydrogen (secondary N) is 1. The molecule has 25 heavy (non-hydrogen) atoms. The smallest absolute Gasteiger partial charge is 0.164 e. The van der Waals surface area contributed by atoms with Crippen LogP contribution in [0.3, 0.4) is 0 Å². The number of rotatable bonds is 4. The highest BCUT2D eigenvalue weighted by molar-refractivity contribution is 6.31. The molecule has 0 radical (unpaired) electrons. The van der Waals surface area contributed by atoms with Gasteiger partial charge in [0, 0.05) is 11.5 Å². The van der Waals surface area contributed by atoms with Crippen molar-refractivity contribution in [2.24, 2.45) is 0 Å². The van der Waals surface area contributed by atoms with E-state index in [0.717, 1.165) is 0 Å². The van der Waals surface area contributed by atoms with Crippen LogP contribution in [0, 0.1) is 0 Å². The zero-order chi connectivity index (χ0) is 18.4. The molecule has 0 fully saturated rings. The molecule has 0 aliphatic carbocycles. The van der Waals surface area contributed by atoms with Crippen molar-refractivity contribution in [2.45, 2.75) is 13.8 Å². The quantitative estimate of drug-likeness (QED) is 0.778. The molecule has 5 nitrogen and oxygen atoms in total. The number of fused-ring (bicyclic) bond motifs is 2. The summed E-state index contributed by atoms with van der Waals surface area (Å²) in [6.45, 7) is 11.9. The summed E-state index contributed by atoms with van der Waals surface area (Å²) in [6, 6.07) is 3.51. The van der Waals surface area contributed by atoms with Gasteiger partial charge < -0.3 is 14.8 Å². The maximum Gasteiger partial charge on any atom is 0.164 e. The van der Waals surface area contributed by atoms with E-state index in [4.69, 9.17) is 21.1 Å². The Bertz CT molecular complexity index is 836. The fourth-order valence-corrected chi connectivity index (χ4v) is 2.26. The molecule has 0 bridgehead atoms. The van der Waals surface area contributed by atoms with Crippen LogP contribution in [0.15, 0.2) is 54.3 Å². The molecular formula is C18H19ClFN3O2. The number of anilines is 1. The molecule has 1 aliphatic rings. The van der Waals surface area contributed by atoms with Crippen molar-refractivity contribution in [3.63, 3.8) is 0 Å². The Morgan fingerprint density at radius 1 is 1.24 bits per heavy atom. The molecular weight excluding hydrogens is 345 g/mol. The molecule has 2 aromatic rings. The van der Waals surface area contributed by atoms with E-state index in [9.17, 15) is 4.39 Å². The van der Waals surface area contributed by atoms with E-state index in [1.54, 1.807) is 12.1 Å². The van der Waals surface area contributed by atoms with E-state index in [1.807, 2.05) is 13.8 Å². The fraction of sp³-hybridized carbons (Fsp3) is 0.222. The first kappa shape index (κ1) is 18.7. The van der Waals surface area contributed by atoms with Crippen molar-refractivity contribution >= 4 is 28.3 Å². The number of hydrogen-bond donors (Lipinski definition) is 1. The van der Waals surface area contributed by atoms with Crippen LogP contribution in [-0.4, -0.2) is 23.2 Å². The van der Waals surface area contributed by atoms with Crippen molar-refractivity contribution in [3.05, 3.63) is 54.3 Å². The molecule has 1 aliphatic heterocycles. The maximum atomic E-state index is 14.0. The second-order valence-corrected chi connectivity index (χ2v) is 5.15. The Labute approximate surface area is 150 Å². The van der Waals surface area contributed by atoms with Gasteiger partial charge in [0.2, 0.25) is 0 Å². The van der Waals surface area contributed by atoms with Crippen LogP contribution in [0.1, 0.15) is 13.8 Å². The lowest BCUT2D eigenvalue weighted by molar-refractivity contribution is 0.172. The van der Waals surface area contributed by atoms with Gasteiger partial charge in [0.1, 0.15) is 25.4 Å². The number of allylic oxidation sites excluding steroid dienone is 3. The van der Waals surface area contributed by atoms with Gasteiger partial charge in [-0.1, -0.05) is 38.6 Å². The number of halogens is 2. The molecule has 1 N–H and O–H groups in total. The van der Waals surface area contributed by atoms with Gasteiger partial charge in [0.25, 0.3) is 0 Å². The first-order valence-corrected chi connectivity index (χ1v) is 8.16. The van der Waals surface area contributed by atoms with Crippen molar-refractivity contribution in [2.75, 3.05) is 18.5 Å². The van der Waals surface area contributed by atoms with Crippen LogP contribution in [0.2, 0.25) is 0 Å². The van der Waals surface area contributed by atoms with Crippen LogP contribution >= 0.6 is 11.6 Å². The highest BCUT2D eigenvalue weighted by atomic mass is 35.5. The topological polar surface area (TPSA) is 56.3 Å². The van der Waals surface area contributed by atoms with E-state index in [-0.39, 0.29) is 10.7 Å². The largest absolute Gasteiger partial charge is 0.486 e. The number of hydrogen-bond acceptors (Lipinski definition) is 5. The van der Waals surface area contributed by atoms with E-state index >= 15 is 0 Å². The van der Waals surface area contributed by atoms with Gasteiger partial charge in [0.05, 0.1) is 16.2 Å². The minimum absolute atomic E-state index is 0.0693. The predicted molar refractivity (Wildman–Crippen MR) is 98.8 cm³/mol. The third kappa shape index (κ3) is 4.09. The summed E-state index contributed by atoms with van der Waals surface area (Å²) in [5.74, 6) is 0.905. The van der Waals surface area contributed by atoms with Crippen molar-refractivity contribution in [1.82, 2.24) is 9.97 Å². The monoisotopic (exact) mass is 363 g/mol. The van der Waals surface area contributed by atoms with Gasteiger partial charge in [0.15, 0.2) is 17.3 Å². The lowest BCUT2D eigenvalue weighted by Gasteiger charge is -2.19. The summed E-state index contributed by atoms with van der Waals surface area (Å²) in [4.78, 5) is 8.34. The minimum Gasteiger partial charge on any atom is -0.486 e. The summed E-state index contributed by atoms with van der Waals surface area (Å²) in [5.41, 5.74) is 0.708. The second kappa shape index (κ2) is 8.48. The van der Waals surface area contributed by atoms with Gasteiger partial charge in [-0.25, -0.2) is 14.4 Å². The Balaban J connectivity index is 0.00000109. The number of benzene rings is 1. The summed E-state index contributed by atoms with van der Waals surface area (Å²) in [5, 5.41) is 3.29. The van der Waals surface area contributed by atoms with E-state index in [1.165, 1.54) is 12.4 Å². The number of aromatic nitrogens is 2. The van der Waals surface area contributed by atoms with Gasteiger partial charge in [-0.15, -0.1) is 0 Å². The standard InChI is InChI=1S/C16H13ClFN3O2.C2H6/c1-3-11(15(18)9(2)17)21-16-10-6-13-14(23-5-4-22-13)7-12(10)19-8-20-16;1-2/h3,6-8H,1-2,4-5H2,(H,19,20,21);1-2H3/b15-11-;. The Morgan fingerprint density at radius 2 is 1.88 bits per heavy atom. The Morgan fingerprint density at radius 3 is 2.48 bits per heavy atom. The number of ether oxygens (including phenoxy) is 2. The Hall–Kier alpha value is -2.60. The van der Waals surface area contributed by atoms with E-state index in [2.05, 4.69) is 28.4 Å². The SMILES string of the molecule is C=C/C(Nc1ncnc2cc3c(cc12)OCCO3)=C(/F)C(=C)Cl.CC. The molecule has 0 saturated carbocycles. The average molecular weight is 364 g/mol. The van der Waals surface area contributed by atoms with E-state index < -0.39 is 5.83 Å². The summed E-state index contributed by atoms with van der Waals surface area (Å²) in [6.07, 6.45) is 2.67.